The maximum Gasteiger partial charge on any atom is 0.573 e. The zero-order valence-corrected chi connectivity index (χ0v) is 9.78. The zero-order chi connectivity index (χ0) is 14.0. The number of carbonyl (C=O) groups is 1. The van der Waals surface area contributed by atoms with E-state index in [1.807, 2.05) is 0 Å². The van der Waals surface area contributed by atoms with Crippen molar-refractivity contribution in [1.29, 1.82) is 0 Å². The Labute approximate surface area is 107 Å². The van der Waals surface area contributed by atoms with E-state index in [1.54, 1.807) is 6.07 Å². The number of para-hydroxylation sites is 1. The normalized spacial score (nSPS) is 23.3. The fourth-order valence-corrected chi connectivity index (χ4v) is 2.17. The fourth-order valence-electron chi connectivity index (χ4n) is 2.17. The minimum atomic E-state index is -4.76. The molecule has 0 radical (unpaired) electrons. The molecular weight excluding hydrogens is 263 g/mol. The average Bonchev–Trinajstić information content (AvgIpc) is 2.76. The third-order valence-electron chi connectivity index (χ3n) is 2.96. The number of benzene rings is 1. The Kier molecular flexibility index (Phi) is 3.66. The van der Waals surface area contributed by atoms with Crippen molar-refractivity contribution in [2.24, 2.45) is 0 Å². The van der Waals surface area contributed by atoms with Crippen molar-refractivity contribution >= 4 is 5.97 Å². The summed E-state index contributed by atoms with van der Waals surface area (Å²) in [6.45, 7) is 0. The molecule has 2 rings (SSSR count). The van der Waals surface area contributed by atoms with Crippen molar-refractivity contribution in [3.05, 3.63) is 29.8 Å². The van der Waals surface area contributed by atoms with E-state index in [2.05, 4.69) is 10.1 Å². The van der Waals surface area contributed by atoms with Crippen LogP contribution in [0.25, 0.3) is 0 Å². The molecule has 0 amide bonds. The van der Waals surface area contributed by atoms with Crippen LogP contribution >= 0.6 is 0 Å². The molecule has 0 spiro atoms. The van der Waals surface area contributed by atoms with Gasteiger partial charge in [-0.2, -0.15) is 0 Å². The van der Waals surface area contributed by atoms with Crippen LogP contribution < -0.4 is 10.1 Å². The van der Waals surface area contributed by atoms with E-state index in [0.717, 1.165) is 0 Å². The predicted molar refractivity (Wildman–Crippen MR) is 59.7 cm³/mol. The molecule has 1 heterocycles. The molecule has 1 fully saturated rings. The third-order valence-corrected chi connectivity index (χ3v) is 2.96. The number of halogens is 3. The Bertz CT molecular complexity index is 476. The van der Waals surface area contributed by atoms with E-state index in [4.69, 9.17) is 5.11 Å². The number of rotatable bonds is 3. The van der Waals surface area contributed by atoms with Crippen molar-refractivity contribution in [2.75, 3.05) is 0 Å². The molecule has 1 aromatic rings. The molecule has 0 bridgehead atoms. The molecule has 0 aromatic heterocycles. The summed E-state index contributed by atoms with van der Waals surface area (Å²) in [5, 5.41) is 11.6. The van der Waals surface area contributed by atoms with Gasteiger partial charge in [-0.05, 0) is 18.9 Å². The Morgan fingerprint density at radius 2 is 2.00 bits per heavy atom. The number of ether oxygens (including phenoxy) is 1. The monoisotopic (exact) mass is 275 g/mol. The minimum Gasteiger partial charge on any atom is -0.480 e. The lowest BCUT2D eigenvalue weighted by Crippen LogP contribution is -2.32. The summed E-state index contributed by atoms with van der Waals surface area (Å²) in [4.78, 5) is 10.8. The number of alkyl halides is 3. The lowest BCUT2D eigenvalue weighted by molar-refractivity contribution is -0.275. The van der Waals surface area contributed by atoms with Crippen LogP contribution in [0.4, 0.5) is 13.2 Å². The smallest absolute Gasteiger partial charge is 0.480 e. The summed E-state index contributed by atoms with van der Waals surface area (Å²) in [5.74, 6) is -1.30. The molecule has 1 aromatic carbocycles. The second-order valence-electron chi connectivity index (χ2n) is 4.27. The van der Waals surface area contributed by atoms with E-state index >= 15 is 0 Å². The molecule has 1 aliphatic heterocycles. The fraction of sp³-hybridized carbons (Fsp3) is 0.417. The highest BCUT2D eigenvalue weighted by atomic mass is 19.4. The van der Waals surface area contributed by atoms with Gasteiger partial charge >= 0.3 is 12.3 Å². The van der Waals surface area contributed by atoms with E-state index < -0.39 is 24.4 Å². The quantitative estimate of drug-likeness (QED) is 0.889. The van der Waals surface area contributed by atoms with Gasteiger partial charge in [-0.25, -0.2) is 0 Å². The van der Waals surface area contributed by atoms with Gasteiger partial charge in [-0.1, -0.05) is 18.2 Å². The zero-order valence-electron chi connectivity index (χ0n) is 9.78. The second-order valence-corrected chi connectivity index (χ2v) is 4.27. The van der Waals surface area contributed by atoms with E-state index in [9.17, 15) is 18.0 Å². The minimum absolute atomic E-state index is 0.293. The summed E-state index contributed by atoms with van der Waals surface area (Å²) in [6, 6.07) is 4.58. The van der Waals surface area contributed by atoms with Crippen LogP contribution in [0.15, 0.2) is 24.3 Å². The molecule has 0 aliphatic carbocycles. The first kappa shape index (κ1) is 13.7. The van der Waals surface area contributed by atoms with Crippen molar-refractivity contribution in [3.8, 4) is 5.75 Å². The van der Waals surface area contributed by atoms with Gasteiger partial charge in [0.15, 0.2) is 0 Å². The lowest BCUT2D eigenvalue weighted by atomic mass is 10.0. The summed E-state index contributed by atoms with van der Waals surface area (Å²) in [6.07, 6.45) is -3.93. The molecular formula is C12H12F3NO3. The summed E-state index contributed by atoms with van der Waals surface area (Å²) >= 11 is 0. The van der Waals surface area contributed by atoms with Crippen LogP contribution in [0.5, 0.6) is 5.75 Å². The van der Waals surface area contributed by atoms with Gasteiger partial charge in [0, 0.05) is 11.6 Å². The highest BCUT2D eigenvalue weighted by Gasteiger charge is 2.35. The molecule has 2 unspecified atom stereocenters. The predicted octanol–water partition coefficient (Wildman–Crippen LogP) is 2.46. The largest absolute Gasteiger partial charge is 0.573 e. The highest BCUT2D eigenvalue weighted by molar-refractivity contribution is 5.74. The first-order valence-electron chi connectivity index (χ1n) is 5.70. The van der Waals surface area contributed by atoms with Crippen molar-refractivity contribution in [3.63, 3.8) is 0 Å². The van der Waals surface area contributed by atoms with E-state index in [1.165, 1.54) is 18.2 Å². The molecule has 4 nitrogen and oxygen atoms in total. The van der Waals surface area contributed by atoms with Gasteiger partial charge in [0.1, 0.15) is 11.8 Å². The topological polar surface area (TPSA) is 58.6 Å². The number of carboxylic acid groups (broad SMARTS) is 1. The van der Waals surface area contributed by atoms with Gasteiger partial charge in [0.25, 0.3) is 0 Å². The van der Waals surface area contributed by atoms with Crippen LogP contribution in [0.2, 0.25) is 0 Å². The van der Waals surface area contributed by atoms with Crippen molar-refractivity contribution in [1.82, 2.24) is 5.32 Å². The molecule has 0 saturated carbocycles. The number of hydrogen-bond donors (Lipinski definition) is 2. The standard InChI is InChI=1S/C12H12F3NO3/c13-12(14,15)19-10-4-2-1-3-7(10)8-5-6-9(16-8)11(17)18/h1-4,8-9,16H,5-6H2,(H,17,18). The number of aliphatic carboxylic acids is 1. The molecule has 104 valence electrons. The first-order chi connectivity index (χ1) is 8.87. The molecule has 2 atom stereocenters. The molecule has 2 N–H and O–H groups in total. The number of hydrogen-bond acceptors (Lipinski definition) is 3. The maximum absolute atomic E-state index is 12.3. The third kappa shape index (κ3) is 3.37. The van der Waals surface area contributed by atoms with Crippen LogP contribution in [-0.4, -0.2) is 23.5 Å². The average molecular weight is 275 g/mol. The van der Waals surface area contributed by atoms with Crippen LogP contribution in [0.1, 0.15) is 24.4 Å². The van der Waals surface area contributed by atoms with Gasteiger partial charge in [0.2, 0.25) is 0 Å². The Hall–Kier alpha value is -1.76. The van der Waals surface area contributed by atoms with Crippen LogP contribution in [0.3, 0.4) is 0 Å². The Morgan fingerprint density at radius 3 is 2.58 bits per heavy atom. The molecule has 19 heavy (non-hydrogen) atoms. The van der Waals surface area contributed by atoms with Crippen LogP contribution in [-0.2, 0) is 4.79 Å². The lowest BCUT2D eigenvalue weighted by Gasteiger charge is -2.18. The first-order valence-corrected chi connectivity index (χ1v) is 5.70. The Morgan fingerprint density at radius 1 is 1.32 bits per heavy atom. The van der Waals surface area contributed by atoms with Crippen molar-refractivity contribution < 1.29 is 27.8 Å². The van der Waals surface area contributed by atoms with Gasteiger partial charge in [-0.15, -0.1) is 13.2 Å². The van der Waals surface area contributed by atoms with Gasteiger partial charge in [-0.3, -0.25) is 10.1 Å². The Balaban J connectivity index is 2.19. The van der Waals surface area contributed by atoms with Gasteiger partial charge in [0.05, 0.1) is 0 Å². The van der Waals surface area contributed by atoms with E-state index in [0.29, 0.717) is 18.4 Å². The number of carboxylic acids is 1. The van der Waals surface area contributed by atoms with Crippen molar-refractivity contribution in [2.45, 2.75) is 31.3 Å². The molecule has 1 aliphatic rings. The van der Waals surface area contributed by atoms with Gasteiger partial charge < -0.3 is 9.84 Å². The summed E-state index contributed by atoms with van der Waals surface area (Å²) in [7, 11) is 0. The second kappa shape index (κ2) is 5.08. The molecule has 7 heteroatoms. The summed E-state index contributed by atoms with van der Waals surface area (Å²) in [5.41, 5.74) is 0.323. The van der Waals surface area contributed by atoms with E-state index in [-0.39, 0.29) is 5.75 Å². The maximum atomic E-state index is 12.3. The molecule has 1 saturated heterocycles. The summed E-state index contributed by atoms with van der Waals surface area (Å²) < 4.78 is 40.8. The highest BCUT2D eigenvalue weighted by Crippen LogP contribution is 2.35. The SMILES string of the molecule is O=C(O)C1CCC(c2ccccc2OC(F)(F)F)N1. The number of nitrogens with one attached hydrogen (secondary N) is 1. The van der Waals surface area contributed by atoms with Crippen LogP contribution in [0, 0.1) is 0 Å².